The Labute approximate surface area is 72.6 Å². The fraction of sp³-hybridized carbons (Fsp3) is 0.700. The highest BCUT2D eigenvalue weighted by Gasteiger charge is 2.40. The van der Waals surface area contributed by atoms with Gasteiger partial charge in [-0.25, -0.2) is 0 Å². The van der Waals surface area contributed by atoms with Gasteiger partial charge in [0.2, 0.25) is 0 Å². The molecule has 1 atom stereocenters. The van der Waals surface area contributed by atoms with Gasteiger partial charge in [-0.3, -0.25) is 4.79 Å². The van der Waals surface area contributed by atoms with Gasteiger partial charge in [-0.05, 0) is 31.8 Å². The van der Waals surface area contributed by atoms with Crippen molar-refractivity contribution < 1.29 is 9.53 Å². The summed E-state index contributed by atoms with van der Waals surface area (Å²) >= 11 is 0. The summed E-state index contributed by atoms with van der Waals surface area (Å²) in [5.41, 5.74) is -0.503. The zero-order chi connectivity index (χ0) is 8.44. The number of ether oxygens (including phenoxy) is 1. The zero-order valence-electron chi connectivity index (χ0n) is 7.21. The summed E-state index contributed by atoms with van der Waals surface area (Å²) in [5.74, 6) is 0.278. The molecule has 0 N–H and O–H groups in total. The van der Waals surface area contributed by atoms with Gasteiger partial charge in [0, 0.05) is 13.0 Å². The Bertz CT molecular complexity index is 220. The first-order valence-corrected chi connectivity index (χ1v) is 4.68. The van der Waals surface area contributed by atoms with Crippen LogP contribution in [0.2, 0.25) is 0 Å². The molecule has 1 fully saturated rings. The van der Waals surface area contributed by atoms with Gasteiger partial charge in [-0.1, -0.05) is 6.08 Å². The average Bonchev–Trinajstić information content (AvgIpc) is 2.33. The van der Waals surface area contributed by atoms with Crippen LogP contribution in [-0.2, 0) is 9.53 Å². The second-order valence-electron chi connectivity index (χ2n) is 3.56. The summed E-state index contributed by atoms with van der Waals surface area (Å²) in [6, 6.07) is 0. The molecule has 1 spiro atoms. The molecule has 2 rings (SSSR count). The molecule has 0 aromatic heterocycles. The van der Waals surface area contributed by atoms with E-state index >= 15 is 0 Å². The molecule has 0 saturated heterocycles. The van der Waals surface area contributed by atoms with Gasteiger partial charge in [-0.15, -0.1) is 0 Å². The van der Waals surface area contributed by atoms with Gasteiger partial charge in [-0.2, -0.15) is 0 Å². The molecular weight excluding hydrogens is 152 g/mol. The molecule has 2 heteroatoms. The first-order valence-electron chi connectivity index (χ1n) is 4.68. The van der Waals surface area contributed by atoms with Gasteiger partial charge >= 0.3 is 0 Å². The average molecular weight is 166 g/mol. The molecule has 0 aromatic rings. The number of Topliss-reactive ketones (excluding diaryl/α,β-unsaturated/α-hetero) is 1. The van der Waals surface area contributed by atoms with Crippen LogP contribution in [0.1, 0.15) is 32.1 Å². The Morgan fingerprint density at radius 2 is 2.33 bits per heavy atom. The van der Waals surface area contributed by atoms with Crippen molar-refractivity contribution in [2.45, 2.75) is 37.7 Å². The maximum atomic E-state index is 11.5. The first kappa shape index (κ1) is 7.99. The van der Waals surface area contributed by atoms with Gasteiger partial charge in [0.25, 0.3) is 0 Å². The Morgan fingerprint density at radius 3 is 3.08 bits per heavy atom. The molecule has 12 heavy (non-hydrogen) atoms. The normalized spacial score (nSPS) is 35.8. The van der Waals surface area contributed by atoms with Crippen molar-refractivity contribution in [2.24, 2.45) is 0 Å². The van der Waals surface area contributed by atoms with E-state index in [2.05, 4.69) is 6.08 Å². The minimum atomic E-state index is -0.503. The lowest BCUT2D eigenvalue weighted by Gasteiger charge is -2.22. The van der Waals surface area contributed by atoms with Crippen LogP contribution < -0.4 is 0 Å². The Balaban J connectivity index is 2.21. The van der Waals surface area contributed by atoms with Crippen molar-refractivity contribution in [3.05, 3.63) is 12.2 Å². The van der Waals surface area contributed by atoms with Crippen LogP contribution in [0.4, 0.5) is 0 Å². The molecule has 66 valence electrons. The van der Waals surface area contributed by atoms with E-state index in [1.54, 1.807) is 0 Å². The second kappa shape index (κ2) is 3.02. The standard InChI is InChI=1S/C10H14O2/c11-9-5-4-7-10(9)6-2-1-3-8-12-10/h2,6H,1,3-5,7-8H2/t10-/m0/s1. The van der Waals surface area contributed by atoms with E-state index in [1.165, 1.54) is 0 Å². The third kappa shape index (κ3) is 1.20. The van der Waals surface area contributed by atoms with Crippen LogP contribution in [0.5, 0.6) is 0 Å². The van der Waals surface area contributed by atoms with Gasteiger partial charge in [0.1, 0.15) is 5.60 Å². The zero-order valence-corrected chi connectivity index (χ0v) is 7.21. The largest absolute Gasteiger partial charge is 0.363 e. The lowest BCUT2D eigenvalue weighted by molar-refractivity contribution is -0.134. The van der Waals surface area contributed by atoms with Gasteiger partial charge < -0.3 is 4.74 Å². The van der Waals surface area contributed by atoms with E-state index in [0.29, 0.717) is 6.42 Å². The summed E-state index contributed by atoms with van der Waals surface area (Å²) in [6.45, 7) is 0.735. The topological polar surface area (TPSA) is 26.3 Å². The Hall–Kier alpha value is -0.630. The van der Waals surface area contributed by atoms with Crippen LogP contribution >= 0.6 is 0 Å². The highest BCUT2D eigenvalue weighted by Crippen LogP contribution is 2.32. The molecular formula is C10H14O2. The number of allylic oxidation sites excluding steroid dienone is 1. The molecule has 0 bridgehead atoms. The molecule has 0 radical (unpaired) electrons. The van der Waals surface area contributed by atoms with Crippen LogP contribution in [0.25, 0.3) is 0 Å². The summed E-state index contributed by atoms with van der Waals surface area (Å²) in [4.78, 5) is 11.5. The quantitative estimate of drug-likeness (QED) is 0.513. The smallest absolute Gasteiger partial charge is 0.168 e. The van der Waals surface area contributed by atoms with Crippen LogP contribution in [0, 0.1) is 0 Å². The third-order valence-corrected chi connectivity index (χ3v) is 2.69. The van der Waals surface area contributed by atoms with Crippen molar-refractivity contribution in [1.82, 2.24) is 0 Å². The van der Waals surface area contributed by atoms with Crippen molar-refractivity contribution in [2.75, 3.05) is 6.61 Å². The highest BCUT2D eigenvalue weighted by molar-refractivity contribution is 5.91. The van der Waals surface area contributed by atoms with Gasteiger partial charge in [0.05, 0.1) is 0 Å². The Kier molecular flexibility index (Phi) is 2.01. The fourth-order valence-electron chi connectivity index (χ4n) is 1.97. The third-order valence-electron chi connectivity index (χ3n) is 2.69. The molecule has 2 nitrogen and oxygen atoms in total. The van der Waals surface area contributed by atoms with Crippen LogP contribution in [-0.4, -0.2) is 18.0 Å². The summed E-state index contributed by atoms with van der Waals surface area (Å²) in [6.07, 6.45) is 8.75. The van der Waals surface area contributed by atoms with Crippen molar-refractivity contribution in [1.29, 1.82) is 0 Å². The van der Waals surface area contributed by atoms with Crippen molar-refractivity contribution in [3.8, 4) is 0 Å². The predicted octanol–water partition coefficient (Wildman–Crippen LogP) is 1.84. The molecule has 1 aliphatic heterocycles. The molecule has 1 heterocycles. The summed E-state index contributed by atoms with van der Waals surface area (Å²) < 4.78 is 5.63. The van der Waals surface area contributed by atoms with Gasteiger partial charge in [0.15, 0.2) is 5.78 Å². The molecule has 0 aromatic carbocycles. The van der Waals surface area contributed by atoms with Crippen LogP contribution in [0.15, 0.2) is 12.2 Å². The lowest BCUT2D eigenvalue weighted by Crippen LogP contribution is -2.34. The monoisotopic (exact) mass is 166 g/mol. The molecule has 0 amide bonds. The first-order chi connectivity index (χ1) is 5.83. The molecule has 2 aliphatic rings. The number of hydrogen-bond donors (Lipinski definition) is 0. The van der Waals surface area contributed by atoms with E-state index in [1.807, 2.05) is 6.08 Å². The number of hydrogen-bond acceptors (Lipinski definition) is 2. The minimum absolute atomic E-state index is 0.278. The Morgan fingerprint density at radius 1 is 1.42 bits per heavy atom. The fourth-order valence-corrected chi connectivity index (χ4v) is 1.97. The van der Waals surface area contributed by atoms with Crippen molar-refractivity contribution >= 4 is 5.78 Å². The van der Waals surface area contributed by atoms with Crippen molar-refractivity contribution in [3.63, 3.8) is 0 Å². The van der Waals surface area contributed by atoms with E-state index in [0.717, 1.165) is 32.3 Å². The molecule has 1 saturated carbocycles. The molecule has 1 aliphatic carbocycles. The maximum Gasteiger partial charge on any atom is 0.168 e. The summed E-state index contributed by atoms with van der Waals surface area (Å²) in [7, 11) is 0. The molecule has 0 unspecified atom stereocenters. The maximum absolute atomic E-state index is 11.5. The number of carbonyl (C=O) groups excluding carboxylic acids is 1. The number of carbonyl (C=O) groups is 1. The highest BCUT2D eigenvalue weighted by atomic mass is 16.5. The second-order valence-corrected chi connectivity index (χ2v) is 3.56. The van der Waals surface area contributed by atoms with Crippen LogP contribution in [0.3, 0.4) is 0 Å². The number of ketones is 1. The van der Waals surface area contributed by atoms with E-state index in [4.69, 9.17) is 4.74 Å². The minimum Gasteiger partial charge on any atom is -0.363 e. The SMILES string of the molecule is O=C1CCC[C@@]12C=CCCCO2. The van der Waals surface area contributed by atoms with E-state index in [9.17, 15) is 4.79 Å². The lowest BCUT2D eigenvalue weighted by atomic mass is 10.0. The van der Waals surface area contributed by atoms with E-state index in [-0.39, 0.29) is 5.78 Å². The summed E-state index contributed by atoms with van der Waals surface area (Å²) in [5, 5.41) is 0. The predicted molar refractivity (Wildman–Crippen MR) is 45.9 cm³/mol. The van der Waals surface area contributed by atoms with E-state index < -0.39 is 5.60 Å². The number of rotatable bonds is 0.